The zero-order valence-corrected chi connectivity index (χ0v) is 17.1. The molecule has 3 rings (SSSR count). The lowest BCUT2D eigenvalue weighted by Gasteiger charge is -2.35. The second-order valence-electron chi connectivity index (χ2n) is 7.25. The summed E-state index contributed by atoms with van der Waals surface area (Å²) >= 11 is 1.28. The van der Waals surface area contributed by atoms with Crippen LogP contribution in [-0.2, 0) is 9.53 Å². The molecule has 0 unspecified atom stereocenters. The van der Waals surface area contributed by atoms with E-state index in [1.54, 1.807) is 6.07 Å². The summed E-state index contributed by atoms with van der Waals surface area (Å²) in [6.45, 7) is 5.96. The van der Waals surface area contributed by atoms with E-state index in [2.05, 4.69) is 15.3 Å². The number of aromatic nitrogens is 2. The van der Waals surface area contributed by atoms with Crippen molar-refractivity contribution >= 4 is 27.6 Å². The number of nitrogens with one attached hydrogen (secondary N) is 1. The van der Waals surface area contributed by atoms with Crippen LogP contribution in [0.25, 0.3) is 10.3 Å². The summed E-state index contributed by atoms with van der Waals surface area (Å²) in [6.07, 6.45) is 1.06. The Morgan fingerprint density at radius 1 is 1.29 bits per heavy atom. The van der Waals surface area contributed by atoms with Gasteiger partial charge in [-0.1, -0.05) is 11.3 Å². The van der Waals surface area contributed by atoms with Crippen molar-refractivity contribution in [1.29, 1.82) is 0 Å². The first-order chi connectivity index (χ1) is 13.4. The third kappa shape index (κ3) is 6.00. The van der Waals surface area contributed by atoms with Crippen LogP contribution in [0.2, 0.25) is 0 Å². The molecule has 0 spiro atoms. The van der Waals surface area contributed by atoms with Gasteiger partial charge in [0.25, 0.3) is 5.19 Å². The quantitative estimate of drug-likeness (QED) is 0.647. The molecule has 0 radical (unpaired) electrons. The van der Waals surface area contributed by atoms with Gasteiger partial charge in [-0.15, -0.1) is 0 Å². The minimum atomic E-state index is -1.04. The van der Waals surface area contributed by atoms with Gasteiger partial charge in [0.2, 0.25) is 11.8 Å². The summed E-state index contributed by atoms with van der Waals surface area (Å²) in [5.74, 6) is 0.937. The van der Waals surface area contributed by atoms with Crippen molar-refractivity contribution in [3.05, 3.63) is 12.1 Å². The van der Waals surface area contributed by atoms with Crippen LogP contribution in [0.1, 0.15) is 33.6 Å². The summed E-state index contributed by atoms with van der Waals surface area (Å²) in [4.78, 5) is 20.4. The van der Waals surface area contributed by atoms with Gasteiger partial charge in [0.05, 0.1) is 19.3 Å². The Kier molecular flexibility index (Phi) is 7.01. The molecule has 2 heterocycles. The van der Waals surface area contributed by atoms with Crippen molar-refractivity contribution in [2.75, 3.05) is 19.8 Å². The maximum Gasteiger partial charge on any atom is 0.275 e. The zero-order valence-electron chi connectivity index (χ0n) is 16.3. The highest BCUT2D eigenvalue weighted by molar-refractivity contribution is 7.19. The highest BCUT2D eigenvalue weighted by Gasteiger charge is 2.30. The Balaban J connectivity index is 1.39. The molecule has 2 atom stereocenters. The monoisotopic (exact) mass is 411 g/mol. The molecule has 0 aliphatic heterocycles. The molecule has 0 aromatic carbocycles. The Labute approximate surface area is 167 Å². The molecule has 1 fully saturated rings. The normalized spacial score (nSPS) is 21.0. The maximum absolute atomic E-state index is 12.9. The number of fused-ring (bicyclic) bond motifs is 1. The van der Waals surface area contributed by atoms with Crippen LogP contribution >= 0.6 is 11.3 Å². The number of amides is 1. The van der Waals surface area contributed by atoms with E-state index in [0.717, 1.165) is 12.8 Å². The number of carbonyl (C=O) groups is 1. The number of pyridine rings is 1. The summed E-state index contributed by atoms with van der Waals surface area (Å²) in [7, 11) is 0. The number of halogens is 1. The number of nitrogens with zero attached hydrogens (tertiary/aromatic N) is 2. The Hall–Kier alpha value is -2.00. The SMILES string of the molecule is CC(=O)N[C@@H](C)COC1CC(COc2ccc3nc(OC[C@@H](C)F)sc3n2)C1. The smallest absolute Gasteiger partial charge is 0.275 e. The van der Waals surface area contributed by atoms with Gasteiger partial charge < -0.3 is 19.5 Å². The molecule has 1 aliphatic carbocycles. The van der Waals surface area contributed by atoms with Crippen LogP contribution in [0.5, 0.6) is 11.1 Å². The highest BCUT2D eigenvalue weighted by Crippen LogP contribution is 2.32. The van der Waals surface area contributed by atoms with Crippen LogP contribution in [0, 0.1) is 5.92 Å². The van der Waals surface area contributed by atoms with Gasteiger partial charge in [0, 0.05) is 19.0 Å². The molecule has 2 aromatic heterocycles. The van der Waals surface area contributed by atoms with E-state index in [9.17, 15) is 9.18 Å². The topological polar surface area (TPSA) is 82.6 Å². The summed E-state index contributed by atoms with van der Waals surface area (Å²) in [5.41, 5.74) is 0.712. The van der Waals surface area contributed by atoms with Gasteiger partial charge in [0.1, 0.15) is 18.3 Å². The lowest BCUT2D eigenvalue weighted by atomic mass is 9.83. The third-order valence-electron chi connectivity index (χ3n) is 4.34. The lowest BCUT2D eigenvalue weighted by Crippen LogP contribution is -2.40. The number of thiazole rings is 1. The van der Waals surface area contributed by atoms with Gasteiger partial charge >= 0.3 is 0 Å². The maximum atomic E-state index is 12.9. The van der Waals surface area contributed by atoms with Gasteiger partial charge in [-0.3, -0.25) is 4.79 Å². The van der Waals surface area contributed by atoms with Crippen molar-refractivity contribution in [1.82, 2.24) is 15.3 Å². The second kappa shape index (κ2) is 9.47. The fourth-order valence-corrected chi connectivity index (χ4v) is 3.72. The van der Waals surface area contributed by atoms with Crippen molar-refractivity contribution in [3.8, 4) is 11.1 Å². The van der Waals surface area contributed by atoms with E-state index in [1.807, 2.05) is 13.0 Å². The molecule has 28 heavy (non-hydrogen) atoms. The highest BCUT2D eigenvalue weighted by atomic mass is 32.1. The van der Waals surface area contributed by atoms with Crippen LogP contribution in [0.4, 0.5) is 4.39 Å². The first-order valence-corrected chi connectivity index (χ1v) is 10.3. The van der Waals surface area contributed by atoms with Gasteiger partial charge in [-0.2, -0.15) is 0 Å². The molecule has 1 amide bonds. The van der Waals surface area contributed by atoms with E-state index >= 15 is 0 Å². The van der Waals surface area contributed by atoms with Gasteiger partial charge in [0.15, 0.2) is 4.83 Å². The minimum absolute atomic E-state index is 0.0162. The number of hydrogen-bond donors (Lipinski definition) is 1. The van der Waals surface area contributed by atoms with Crippen LogP contribution < -0.4 is 14.8 Å². The van der Waals surface area contributed by atoms with E-state index in [-0.39, 0.29) is 24.7 Å². The molecule has 2 aromatic rings. The van der Waals surface area contributed by atoms with Crippen LogP contribution in [-0.4, -0.2) is 54.0 Å². The molecule has 7 nitrogen and oxygen atoms in total. The minimum Gasteiger partial charge on any atom is -0.477 e. The van der Waals surface area contributed by atoms with E-state index in [4.69, 9.17) is 14.2 Å². The molecule has 1 aliphatic rings. The molecular weight excluding hydrogens is 385 g/mol. The average molecular weight is 411 g/mol. The molecule has 0 saturated heterocycles. The number of rotatable bonds is 10. The predicted molar refractivity (Wildman–Crippen MR) is 105 cm³/mol. The van der Waals surface area contributed by atoms with Crippen molar-refractivity contribution in [3.63, 3.8) is 0 Å². The lowest BCUT2D eigenvalue weighted by molar-refractivity contribution is -0.120. The summed E-state index contributed by atoms with van der Waals surface area (Å²) < 4.78 is 29.8. The van der Waals surface area contributed by atoms with Gasteiger partial charge in [-0.05, 0) is 38.7 Å². The second-order valence-corrected chi connectivity index (χ2v) is 8.19. The fourth-order valence-electron chi connectivity index (χ4n) is 2.93. The van der Waals surface area contributed by atoms with E-state index < -0.39 is 6.17 Å². The molecular formula is C19H26FN3O4S. The average Bonchev–Trinajstić information content (AvgIpc) is 2.99. The largest absolute Gasteiger partial charge is 0.477 e. The number of ether oxygens (including phenoxy) is 3. The molecule has 9 heteroatoms. The van der Waals surface area contributed by atoms with Gasteiger partial charge in [-0.25, -0.2) is 14.4 Å². The molecule has 1 N–H and O–H groups in total. The van der Waals surface area contributed by atoms with Crippen LogP contribution in [0.15, 0.2) is 12.1 Å². The molecule has 154 valence electrons. The third-order valence-corrected chi connectivity index (χ3v) is 5.22. The molecule has 0 bridgehead atoms. The standard InChI is InChI=1S/C19H26FN3O4S/c1-11(20)8-27-19-22-16-4-5-17(23-18(16)28-19)26-10-14-6-15(7-14)25-9-12(2)21-13(3)24/h4-5,11-12,14-15H,6-10H2,1-3H3,(H,21,24)/t11-,12+,14?,15?/m1/s1. The Morgan fingerprint density at radius 3 is 2.79 bits per heavy atom. The van der Waals surface area contributed by atoms with Crippen LogP contribution in [0.3, 0.4) is 0 Å². The fraction of sp³-hybridized carbons (Fsp3) is 0.632. The van der Waals surface area contributed by atoms with E-state index in [1.165, 1.54) is 25.2 Å². The first-order valence-electron chi connectivity index (χ1n) is 9.45. The van der Waals surface area contributed by atoms with Crippen molar-refractivity contribution < 1.29 is 23.4 Å². The number of carbonyl (C=O) groups excluding carboxylic acids is 1. The molecule has 1 saturated carbocycles. The van der Waals surface area contributed by atoms with Crippen molar-refractivity contribution in [2.45, 2.75) is 51.9 Å². The summed E-state index contributed by atoms with van der Waals surface area (Å²) in [5, 5.41) is 3.22. The Morgan fingerprint density at radius 2 is 2.07 bits per heavy atom. The number of alkyl halides is 1. The number of hydrogen-bond acceptors (Lipinski definition) is 7. The zero-order chi connectivity index (χ0) is 20.1. The van der Waals surface area contributed by atoms with Crippen molar-refractivity contribution in [2.24, 2.45) is 5.92 Å². The Bertz CT molecular complexity index is 795. The summed E-state index contributed by atoms with van der Waals surface area (Å²) in [6, 6.07) is 3.63. The first kappa shape index (κ1) is 20.7. The van der Waals surface area contributed by atoms with E-state index in [0.29, 0.717) is 40.6 Å². The predicted octanol–water partition coefficient (Wildman–Crippen LogP) is 3.13.